The summed E-state index contributed by atoms with van der Waals surface area (Å²) in [5, 5.41) is 0. The SMILES string of the molecule is O=P([O-])([O-])OP(=O)([O-])O.[K+].[Zn+2]. The standard InChI is InChI=1S/K.H4O7P2.Zn/c;1-8(2,3)7-9(4,5)6;/h;(H2,1,2,3)(H2,4,5,6);/q+1;;+2/p-3. The monoisotopic (exact) mass is 278 g/mol. The minimum absolute atomic E-state index is 0. The first-order chi connectivity index (χ1) is 3.71. The van der Waals surface area contributed by atoms with Crippen molar-refractivity contribution >= 4 is 15.6 Å². The first-order valence-electron chi connectivity index (χ1n) is 1.48. The Hall–Kier alpha value is 2.52. The number of hydrogen-bond donors (Lipinski definition) is 1. The molecule has 0 aromatic heterocycles. The van der Waals surface area contributed by atoms with E-state index in [1.54, 1.807) is 0 Å². The van der Waals surface area contributed by atoms with Crippen LogP contribution in [0.5, 0.6) is 0 Å². The maximum atomic E-state index is 9.44. The van der Waals surface area contributed by atoms with Gasteiger partial charge in [-0.15, -0.1) is 0 Å². The molecule has 0 radical (unpaired) electrons. The largest absolute Gasteiger partial charge is 2.00 e. The van der Waals surface area contributed by atoms with Gasteiger partial charge in [0.1, 0.15) is 0 Å². The van der Waals surface area contributed by atoms with Crippen LogP contribution in [0.25, 0.3) is 0 Å². The summed E-state index contributed by atoms with van der Waals surface area (Å²) in [6.45, 7) is 0. The van der Waals surface area contributed by atoms with Crippen LogP contribution in [0, 0.1) is 0 Å². The minimum atomic E-state index is -5.61. The maximum Gasteiger partial charge on any atom is 2.00 e. The van der Waals surface area contributed by atoms with Crippen LogP contribution in [-0.2, 0) is 32.9 Å². The van der Waals surface area contributed by atoms with Crippen molar-refractivity contribution in [3.8, 4) is 0 Å². The predicted octanol–water partition coefficient (Wildman–Crippen LogP) is -5.71. The van der Waals surface area contributed by atoms with Crippen molar-refractivity contribution < 1.29 is 104 Å². The van der Waals surface area contributed by atoms with E-state index in [0.29, 0.717) is 0 Å². The predicted molar refractivity (Wildman–Crippen MR) is 18.5 cm³/mol. The molecule has 0 aliphatic carbocycles. The summed E-state index contributed by atoms with van der Waals surface area (Å²) in [7, 11) is -11.0. The normalized spacial score (nSPS) is 15.6. The van der Waals surface area contributed by atoms with Gasteiger partial charge in [-0.3, -0.25) is 8.88 Å². The molecule has 0 rings (SSSR count). The molecule has 11 heavy (non-hydrogen) atoms. The number of hydrogen-bond acceptors (Lipinski definition) is 6. The van der Waals surface area contributed by atoms with Crippen LogP contribution >= 0.6 is 15.6 Å². The summed E-state index contributed by atoms with van der Waals surface area (Å²) in [6, 6.07) is 0. The zero-order chi connectivity index (χ0) is 7.71. The van der Waals surface area contributed by atoms with Gasteiger partial charge in [0.2, 0.25) is 0 Å². The van der Waals surface area contributed by atoms with Gasteiger partial charge in [0.05, 0.1) is 7.82 Å². The van der Waals surface area contributed by atoms with E-state index in [1.807, 2.05) is 0 Å². The van der Waals surface area contributed by atoms with Crippen LogP contribution < -0.4 is 66.1 Å². The molecule has 0 aliphatic rings. The van der Waals surface area contributed by atoms with Crippen LogP contribution in [0.1, 0.15) is 0 Å². The quantitative estimate of drug-likeness (QED) is 0.393. The summed E-state index contributed by atoms with van der Waals surface area (Å²) >= 11 is 0. The van der Waals surface area contributed by atoms with Crippen LogP contribution in [0.4, 0.5) is 0 Å². The molecule has 0 aliphatic heterocycles. The van der Waals surface area contributed by atoms with Gasteiger partial charge in [0.25, 0.3) is 7.82 Å². The Balaban J connectivity index is -0.000000320. The van der Waals surface area contributed by atoms with Crippen molar-refractivity contribution in [2.45, 2.75) is 0 Å². The van der Waals surface area contributed by atoms with Crippen LogP contribution in [0.3, 0.4) is 0 Å². The molecule has 0 saturated carbocycles. The summed E-state index contributed by atoms with van der Waals surface area (Å²) < 4.78 is 21.4. The Kier molecular flexibility index (Phi) is 12.0. The van der Waals surface area contributed by atoms with Crippen molar-refractivity contribution in [3.63, 3.8) is 0 Å². The zero-order valence-corrected chi connectivity index (χ0v) is 13.4. The Bertz CT molecular complexity index is 157. The van der Waals surface area contributed by atoms with E-state index in [-0.39, 0.29) is 70.9 Å². The van der Waals surface area contributed by atoms with Gasteiger partial charge >= 0.3 is 70.9 Å². The topological polar surface area (TPSA) is 133 Å². The fourth-order valence-corrected chi connectivity index (χ4v) is 1.14. The molecule has 0 amide bonds. The van der Waals surface area contributed by atoms with Gasteiger partial charge in [0.15, 0.2) is 0 Å². The third-order valence-electron chi connectivity index (χ3n) is 0.203. The van der Waals surface area contributed by atoms with E-state index >= 15 is 0 Å². The average Bonchev–Trinajstić information content (AvgIpc) is 1.14. The molecule has 0 aromatic carbocycles. The van der Waals surface area contributed by atoms with Crippen molar-refractivity contribution in [1.82, 2.24) is 0 Å². The van der Waals surface area contributed by atoms with Gasteiger partial charge < -0.3 is 24.1 Å². The Morgan fingerprint density at radius 3 is 1.45 bits per heavy atom. The van der Waals surface area contributed by atoms with Crippen LogP contribution in [0.15, 0.2) is 0 Å². The summed E-state index contributed by atoms with van der Waals surface area (Å²) in [4.78, 5) is 35.7. The molecule has 0 heterocycles. The molecule has 0 bridgehead atoms. The first kappa shape index (κ1) is 19.1. The molecule has 1 atom stereocenters. The molecule has 0 spiro atoms. The van der Waals surface area contributed by atoms with Gasteiger partial charge in [-0.25, -0.2) is 0 Å². The molecule has 1 N–H and O–H groups in total. The molecule has 7 nitrogen and oxygen atoms in total. The molecule has 0 saturated heterocycles. The van der Waals surface area contributed by atoms with E-state index in [1.165, 1.54) is 0 Å². The first-order valence-corrected chi connectivity index (χ1v) is 4.43. The smallest absolute Gasteiger partial charge is 0.790 e. The van der Waals surface area contributed by atoms with Crippen molar-refractivity contribution in [2.75, 3.05) is 0 Å². The number of rotatable bonds is 2. The summed E-state index contributed by atoms with van der Waals surface area (Å²) in [5.41, 5.74) is 0. The second kappa shape index (κ2) is 6.90. The summed E-state index contributed by atoms with van der Waals surface area (Å²) in [6.07, 6.45) is 0. The van der Waals surface area contributed by atoms with Gasteiger partial charge in [-0.1, -0.05) is 0 Å². The Labute approximate surface area is 118 Å². The second-order valence-corrected chi connectivity index (χ2v) is 3.48. The third kappa shape index (κ3) is 19.1. The molecule has 11 heteroatoms. The van der Waals surface area contributed by atoms with E-state index in [4.69, 9.17) is 4.89 Å². The number of phosphoric acid groups is 2. The molecule has 1 unspecified atom stereocenters. The molecule has 0 fully saturated rings. The van der Waals surface area contributed by atoms with Gasteiger partial charge in [-0.2, -0.15) is 0 Å². The Morgan fingerprint density at radius 2 is 1.45 bits per heavy atom. The van der Waals surface area contributed by atoms with Gasteiger partial charge in [-0.05, 0) is 0 Å². The van der Waals surface area contributed by atoms with Crippen molar-refractivity contribution in [1.29, 1.82) is 0 Å². The fraction of sp³-hybridized carbons (Fsp3) is 0. The third-order valence-corrected chi connectivity index (χ3v) is 1.83. The molecular formula is HKO7P2Zn. The van der Waals surface area contributed by atoms with Gasteiger partial charge in [0, 0.05) is 0 Å². The van der Waals surface area contributed by atoms with Crippen LogP contribution in [-0.4, -0.2) is 4.89 Å². The van der Waals surface area contributed by atoms with E-state index in [2.05, 4.69) is 4.31 Å². The maximum absolute atomic E-state index is 9.44. The zero-order valence-electron chi connectivity index (χ0n) is 5.50. The summed E-state index contributed by atoms with van der Waals surface area (Å²) in [5.74, 6) is 0. The fourth-order valence-electron chi connectivity index (χ4n) is 0.126. The minimum Gasteiger partial charge on any atom is -0.790 e. The van der Waals surface area contributed by atoms with E-state index in [9.17, 15) is 23.8 Å². The molecular weight excluding hydrogens is 278 g/mol. The average molecular weight is 279 g/mol. The van der Waals surface area contributed by atoms with Crippen molar-refractivity contribution in [2.24, 2.45) is 0 Å². The van der Waals surface area contributed by atoms with E-state index in [0.717, 1.165) is 0 Å². The van der Waals surface area contributed by atoms with E-state index < -0.39 is 15.6 Å². The molecule has 0 aromatic rings. The van der Waals surface area contributed by atoms with Crippen molar-refractivity contribution in [3.05, 3.63) is 0 Å². The Morgan fingerprint density at radius 1 is 1.18 bits per heavy atom. The second-order valence-electron chi connectivity index (χ2n) is 0.997. The van der Waals surface area contributed by atoms with Crippen LogP contribution in [0.2, 0.25) is 0 Å². The molecule has 56 valence electrons.